The Morgan fingerprint density at radius 2 is 1.84 bits per heavy atom. The van der Waals surface area contributed by atoms with Gasteiger partial charge in [0.05, 0.1) is 11.9 Å². The summed E-state index contributed by atoms with van der Waals surface area (Å²) in [6.45, 7) is 3.01. The monoisotopic (exact) mass is 261 g/mol. The van der Waals surface area contributed by atoms with Crippen molar-refractivity contribution < 1.29 is 5.11 Å². The maximum atomic E-state index is 11.5. The number of hydrogen-bond acceptors (Lipinski definition) is 3. The summed E-state index contributed by atoms with van der Waals surface area (Å²) < 4.78 is 1.95. The first-order valence-corrected chi connectivity index (χ1v) is 7.83. The molecular weight excluding hydrogens is 238 g/mol. The Hall–Kier alpha value is -0.900. The lowest BCUT2D eigenvalue weighted by atomic mass is 9.49. The second kappa shape index (κ2) is 4.05. The van der Waals surface area contributed by atoms with E-state index in [4.69, 9.17) is 0 Å². The Bertz CT molecular complexity index is 453. The molecule has 19 heavy (non-hydrogen) atoms. The van der Waals surface area contributed by atoms with Gasteiger partial charge in [0.1, 0.15) is 5.60 Å². The highest BCUT2D eigenvalue weighted by molar-refractivity contribution is 5.19. The molecule has 1 N–H and O–H groups in total. The molecule has 4 nitrogen and oxygen atoms in total. The molecule has 4 bridgehead atoms. The zero-order chi connectivity index (χ0) is 13.0. The smallest absolute Gasteiger partial charge is 0.113 e. The minimum absolute atomic E-state index is 0.442. The summed E-state index contributed by atoms with van der Waals surface area (Å²) in [6, 6.07) is 0. The van der Waals surface area contributed by atoms with Gasteiger partial charge in [-0.05, 0) is 62.2 Å². The molecule has 4 fully saturated rings. The molecule has 0 aliphatic heterocycles. The molecule has 0 radical (unpaired) electrons. The van der Waals surface area contributed by atoms with Crippen molar-refractivity contribution in [2.45, 2.75) is 57.6 Å². The van der Waals surface area contributed by atoms with Crippen LogP contribution in [0.4, 0.5) is 0 Å². The number of rotatable bonds is 3. The fraction of sp³-hybridized carbons (Fsp3) is 0.867. The lowest BCUT2D eigenvalue weighted by Crippen LogP contribution is -2.56. The normalized spacial score (nSPS) is 43.9. The number of aryl methyl sites for hydroxylation is 1. The first-order valence-electron chi connectivity index (χ1n) is 7.83. The van der Waals surface area contributed by atoms with Gasteiger partial charge in [-0.15, -0.1) is 5.10 Å². The van der Waals surface area contributed by atoms with Gasteiger partial charge in [0.2, 0.25) is 0 Å². The van der Waals surface area contributed by atoms with Crippen LogP contribution in [0.3, 0.4) is 0 Å². The van der Waals surface area contributed by atoms with E-state index in [1.807, 2.05) is 10.9 Å². The van der Waals surface area contributed by atoms with Crippen LogP contribution in [0.1, 0.15) is 51.1 Å². The van der Waals surface area contributed by atoms with Crippen molar-refractivity contribution in [1.29, 1.82) is 0 Å². The van der Waals surface area contributed by atoms with Gasteiger partial charge in [0.25, 0.3) is 0 Å². The van der Waals surface area contributed by atoms with Crippen LogP contribution in [0.2, 0.25) is 0 Å². The SMILES string of the molecule is CCCn1nncc1C1(O)C2CC3CC(C2)CC1C3. The average molecular weight is 261 g/mol. The number of hydrogen-bond donors (Lipinski definition) is 1. The van der Waals surface area contributed by atoms with Crippen molar-refractivity contribution in [1.82, 2.24) is 15.0 Å². The molecule has 1 heterocycles. The summed E-state index contributed by atoms with van der Waals surface area (Å²) in [6.07, 6.45) is 9.10. The third-order valence-electron chi connectivity index (χ3n) is 5.85. The summed E-state index contributed by atoms with van der Waals surface area (Å²) in [4.78, 5) is 0. The van der Waals surface area contributed by atoms with Gasteiger partial charge in [0.15, 0.2) is 0 Å². The molecular formula is C15H23N3O. The van der Waals surface area contributed by atoms with Gasteiger partial charge in [-0.2, -0.15) is 0 Å². The molecule has 1 aromatic heterocycles. The second-order valence-electron chi connectivity index (χ2n) is 6.97. The zero-order valence-corrected chi connectivity index (χ0v) is 11.6. The minimum atomic E-state index is -0.647. The number of aromatic nitrogens is 3. The van der Waals surface area contributed by atoms with E-state index in [-0.39, 0.29) is 0 Å². The topological polar surface area (TPSA) is 50.9 Å². The van der Waals surface area contributed by atoms with E-state index in [2.05, 4.69) is 17.2 Å². The molecule has 5 rings (SSSR count). The summed E-state index contributed by atoms with van der Waals surface area (Å²) in [5, 5.41) is 19.7. The quantitative estimate of drug-likeness (QED) is 0.908. The Labute approximate surface area is 114 Å². The van der Waals surface area contributed by atoms with Crippen LogP contribution in [0, 0.1) is 23.7 Å². The fourth-order valence-corrected chi connectivity index (χ4v) is 5.27. The average Bonchev–Trinajstić information content (AvgIpc) is 2.84. The van der Waals surface area contributed by atoms with Crippen LogP contribution in [0.15, 0.2) is 6.20 Å². The minimum Gasteiger partial charge on any atom is -0.383 e. The molecule has 4 saturated carbocycles. The van der Waals surface area contributed by atoms with Crippen molar-refractivity contribution >= 4 is 0 Å². The van der Waals surface area contributed by atoms with Gasteiger partial charge in [-0.1, -0.05) is 12.1 Å². The van der Waals surface area contributed by atoms with E-state index in [0.717, 1.165) is 30.5 Å². The lowest BCUT2D eigenvalue weighted by molar-refractivity contribution is -0.183. The largest absolute Gasteiger partial charge is 0.383 e. The highest BCUT2D eigenvalue weighted by Gasteiger charge is 2.58. The Kier molecular flexibility index (Phi) is 2.53. The van der Waals surface area contributed by atoms with Crippen LogP contribution in [-0.4, -0.2) is 20.1 Å². The second-order valence-corrected chi connectivity index (χ2v) is 6.97. The van der Waals surface area contributed by atoms with Crippen molar-refractivity contribution in [3.8, 4) is 0 Å². The summed E-state index contributed by atoms with van der Waals surface area (Å²) in [5.41, 5.74) is 0.342. The molecule has 0 saturated heterocycles. The molecule has 0 aromatic carbocycles. The molecule has 0 atom stereocenters. The third-order valence-corrected chi connectivity index (χ3v) is 5.85. The summed E-state index contributed by atoms with van der Waals surface area (Å²) in [5.74, 6) is 2.63. The summed E-state index contributed by atoms with van der Waals surface area (Å²) >= 11 is 0. The Morgan fingerprint density at radius 3 is 2.42 bits per heavy atom. The predicted octanol–water partition coefficient (Wildman–Crippen LogP) is 2.33. The van der Waals surface area contributed by atoms with E-state index in [9.17, 15) is 5.11 Å². The third kappa shape index (κ3) is 1.55. The van der Waals surface area contributed by atoms with Crippen LogP contribution < -0.4 is 0 Å². The first kappa shape index (κ1) is 11.9. The summed E-state index contributed by atoms with van der Waals surface area (Å²) in [7, 11) is 0. The van der Waals surface area contributed by atoms with E-state index in [1.165, 1.54) is 32.1 Å². The van der Waals surface area contributed by atoms with Gasteiger partial charge in [-0.3, -0.25) is 0 Å². The van der Waals surface area contributed by atoms with Gasteiger partial charge < -0.3 is 5.11 Å². The Morgan fingerprint density at radius 1 is 1.21 bits per heavy atom. The van der Waals surface area contributed by atoms with E-state index in [1.54, 1.807) is 0 Å². The fourth-order valence-electron chi connectivity index (χ4n) is 5.27. The molecule has 4 aliphatic carbocycles. The van der Waals surface area contributed by atoms with Gasteiger partial charge >= 0.3 is 0 Å². The molecule has 0 unspecified atom stereocenters. The standard InChI is InChI=1S/C15H23N3O/c1-2-3-18-14(9-16-17-18)15(19)12-5-10-4-11(7-12)8-13(15)6-10/h9-13,19H,2-8H2,1H3. The molecule has 0 amide bonds. The highest BCUT2D eigenvalue weighted by Crippen LogP contribution is 2.61. The van der Waals surface area contributed by atoms with Crippen molar-refractivity contribution in [3.05, 3.63) is 11.9 Å². The molecule has 0 spiro atoms. The van der Waals surface area contributed by atoms with Crippen molar-refractivity contribution in [2.24, 2.45) is 23.7 Å². The van der Waals surface area contributed by atoms with E-state index in [0.29, 0.717) is 11.8 Å². The maximum absolute atomic E-state index is 11.5. The van der Waals surface area contributed by atoms with Gasteiger partial charge in [0, 0.05) is 6.54 Å². The number of aliphatic hydroxyl groups is 1. The number of nitrogens with zero attached hydrogens (tertiary/aromatic N) is 3. The lowest BCUT2D eigenvalue weighted by Gasteiger charge is -2.58. The van der Waals surface area contributed by atoms with Gasteiger partial charge in [-0.25, -0.2) is 4.68 Å². The molecule has 1 aromatic rings. The van der Waals surface area contributed by atoms with Crippen LogP contribution >= 0.6 is 0 Å². The van der Waals surface area contributed by atoms with E-state index < -0.39 is 5.60 Å². The van der Waals surface area contributed by atoms with E-state index >= 15 is 0 Å². The van der Waals surface area contributed by atoms with Crippen LogP contribution in [-0.2, 0) is 12.1 Å². The van der Waals surface area contributed by atoms with Crippen molar-refractivity contribution in [2.75, 3.05) is 0 Å². The molecule has 4 aliphatic rings. The molecule has 4 heteroatoms. The maximum Gasteiger partial charge on any atom is 0.113 e. The first-order chi connectivity index (χ1) is 9.21. The zero-order valence-electron chi connectivity index (χ0n) is 11.6. The predicted molar refractivity (Wildman–Crippen MR) is 71.3 cm³/mol. The molecule has 104 valence electrons. The van der Waals surface area contributed by atoms with Crippen molar-refractivity contribution in [3.63, 3.8) is 0 Å². The van der Waals surface area contributed by atoms with Crippen LogP contribution in [0.5, 0.6) is 0 Å². The van der Waals surface area contributed by atoms with Crippen LogP contribution in [0.25, 0.3) is 0 Å². The highest BCUT2D eigenvalue weighted by atomic mass is 16.3. The Balaban J connectivity index is 1.74.